The molecule has 1 unspecified atom stereocenters. The highest BCUT2D eigenvalue weighted by molar-refractivity contribution is 5.76. The molecule has 1 N–H and O–H groups in total. The summed E-state index contributed by atoms with van der Waals surface area (Å²) in [5, 5.41) is 0. The van der Waals surface area contributed by atoms with Gasteiger partial charge < -0.3 is 4.98 Å². The lowest BCUT2D eigenvalue weighted by Gasteiger charge is -2.35. The molecule has 1 aliphatic heterocycles. The molecule has 2 aromatic rings. The molecule has 2 heterocycles. The number of H-pyrrole nitrogens is 1. The van der Waals surface area contributed by atoms with Crippen LogP contribution in [0.1, 0.15) is 37.9 Å². The highest BCUT2D eigenvalue weighted by atomic mass is 19.4. The fourth-order valence-corrected chi connectivity index (χ4v) is 3.23. The first-order valence-electron chi connectivity index (χ1n) is 7.47. The van der Waals surface area contributed by atoms with Crippen molar-refractivity contribution < 1.29 is 13.2 Å². The summed E-state index contributed by atoms with van der Waals surface area (Å²) in [6.07, 6.45) is -1.79. The molecule has 0 aliphatic carbocycles. The Hall–Kier alpha value is -1.76. The standard InChI is InChI=1S/C15H18F3N3O/c1-2-20-8-4-3-5-13(20)21-12-9-10(15(16,17)18)6-7-11(12)19-14(21)22/h6-7,9,13H,2-5,8H2,1H3,(H,19,22). The van der Waals surface area contributed by atoms with Crippen LogP contribution in [-0.4, -0.2) is 27.5 Å². The summed E-state index contributed by atoms with van der Waals surface area (Å²) in [5.41, 5.74) is -0.309. The van der Waals surface area contributed by atoms with Crippen molar-refractivity contribution in [2.45, 2.75) is 38.5 Å². The van der Waals surface area contributed by atoms with Gasteiger partial charge in [-0.05, 0) is 44.0 Å². The fraction of sp³-hybridized carbons (Fsp3) is 0.533. The first kappa shape index (κ1) is 15.1. The molecule has 1 fully saturated rings. The molecular weight excluding hydrogens is 295 g/mol. The van der Waals surface area contributed by atoms with E-state index in [0.29, 0.717) is 11.0 Å². The van der Waals surface area contributed by atoms with Gasteiger partial charge in [0.15, 0.2) is 0 Å². The van der Waals surface area contributed by atoms with E-state index in [0.717, 1.165) is 44.5 Å². The second kappa shape index (κ2) is 5.46. The second-order valence-corrected chi connectivity index (χ2v) is 5.63. The van der Waals surface area contributed by atoms with Gasteiger partial charge in [0.2, 0.25) is 0 Å². The van der Waals surface area contributed by atoms with Crippen molar-refractivity contribution in [2.24, 2.45) is 0 Å². The summed E-state index contributed by atoms with van der Waals surface area (Å²) in [7, 11) is 0. The van der Waals surface area contributed by atoms with Gasteiger partial charge in [-0.1, -0.05) is 6.92 Å². The summed E-state index contributed by atoms with van der Waals surface area (Å²) >= 11 is 0. The third-order valence-electron chi connectivity index (χ3n) is 4.33. The molecular formula is C15H18F3N3O. The number of halogens is 3. The number of imidazole rings is 1. The molecule has 3 rings (SSSR count). The van der Waals surface area contributed by atoms with Crippen molar-refractivity contribution in [3.05, 3.63) is 34.2 Å². The topological polar surface area (TPSA) is 41.0 Å². The normalized spacial score (nSPS) is 20.6. The number of rotatable bonds is 2. The van der Waals surface area contributed by atoms with E-state index < -0.39 is 11.7 Å². The number of likely N-dealkylation sites (tertiary alicyclic amines) is 1. The molecule has 4 nitrogen and oxygen atoms in total. The highest BCUT2D eigenvalue weighted by Gasteiger charge is 2.32. The molecule has 1 atom stereocenters. The van der Waals surface area contributed by atoms with Gasteiger partial charge in [-0.3, -0.25) is 9.47 Å². The fourth-order valence-electron chi connectivity index (χ4n) is 3.23. The molecule has 1 aliphatic rings. The molecule has 1 aromatic carbocycles. The lowest BCUT2D eigenvalue weighted by atomic mass is 10.1. The first-order valence-corrected chi connectivity index (χ1v) is 7.47. The van der Waals surface area contributed by atoms with Crippen molar-refractivity contribution >= 4 is 11.0 Å². The van der Waals surface area contributed by atoms with E-state index in [2.05, 4.69) is 9.88 Å². The lowest BCUT2D eigenvalue weighted by molar-refractivity contribution is -0.137. The Morgan fingerprint density at radius 3 is 2.77 bits per heavy atom. The Morgan fingerprint density at radius 1 is 1.32 bits per heavy atom. The maximum atomic E-state index is 12.9. The Balaban J connectivity index is 2.15. The number of aromatic nitrogens is 2. The van der Waals surface area contributed by atoms with Crippen LogP contribution in [0.15, 0.2) is 23.0 Å². The minimum Gasteiger partial charge on any atom is -0.305 e. The van der Waals surface area contributed by atoms with Gasteiger partial charge in [-0.25, -0.2) is 4.79 Å². The number of nitrogens with one attached hydrogen (secondary N) is 1. The quantitative estimate of drug-likeness (QED) is 0.923. The van der Waals surface area contributed by atoms with Crippen LogP contribution < -0.4 is 5.69 Å². The molecule has 1 aromatic heterocycles. The van der Waals surface area contributed by atoms with Crippen LogP contribution in [0, 0.1) is 0 Å². The molecule has 0 spiro atoms. The third kappa shape index (κ3) is 2.54. The molecule has 0 radical (unpaired) electrons. The number of piperidine rings is 1. The average molecular weight is 313 g/mol. The number of alkyl halides is 3. The molecule has 120 valence electrons. The summed E-state index contributed by atoms with van der Waals surface area (Å²) < 4.78 is 40.3. The van der Waals surface area contributed by atoms with E-state index in [9.17, 15) is 18.0 Å². The first-order chi connectivity index (χ1) is 10.4. The largest absolute Gasteiger partial charge is 0.416 e. The van der Waals surface area contributed by atoms with Crippen molar-refractivity contribution in [2.75, 3.05) is 13.1 Å². The van der Waals surface area contributed by atoms with Crippen molar-refractivity contribution in [1.29, 1.82) is 0 Å². The number of hydrogen-bond donors (Lipinski definition) is 1. The summed E-state index contributed by atoms with van der Waals surface area (Å²) in [6, 6.07) is 3.39. The van der Waals surface area contributed by atoms with Gasteiger partial charge in [0.25, 0.3) is 0 Å². The molecule has 7 heteroatoms. The Labute approximate surface area is 125 Å². The maximum absolute atomic E-state index is 12.9. The number of aromatic amines is 1. The lowest BCUT2D eigenvalue weighted by Crippen LogP contribution is -2.40. The zero-order chi connectivity index (χ0) is 15.9. The predicted octanol–water partition coefficient (Wildman–Crippen LogP) is 3.35. The smallest absolute Gasteiger partial charge is 0.305 e. The Morgan fingerprint density at radius 2 is 2.09 bits per heavy atom. The van der Waals surface area contributed by atoms with Crippen LogP contribution in [0.3, 0.4) is 0 Å². The summed E-state index contributed by atoms with van der Waals surface area (Å²) in [6.45, 7) is 3.63. The maximum Gasteiger partial charge on any atom is 0.416 e. The monoisotopic (exact) mass is 313 g/mol. The molecule has 0 bridgehead atoms. The van der Waals surface area contributed by atoms with Gasteiger partial charge in [0.05, 0.1) is 22.8 Å². The minimum atomic E-state index is -4.41. The van der Waals surface area contributed by atoms with Crippen LogP contribution in [-0.2, 0) is 6.18 Å². The van der Waals surface area contributed by atoms with E-state index in [-0.39, 0.29) is 11.9 Å². The Bertz CT molecular complexity index is 732. The van der Waals surface area contributed by atoms with Crippen molar-refractivity contribution in [1.82, 2.24) is 14.5 Å². The number of nitrogens with zero attached hydrogens (tertiary/aromatic N) is 2. The number of fused-ring (bicyclic) bond motifs is 1. The number of benzene rings is 1. The van der Waals surface area contributed by atoms with Gasteiger partial charge in [0, 0.05) is 6.54 Å². The zero-order valence-corrected chi connectivity index (χ0v) is 12.3. The van der Waals surface area contributed by atoms with Crippen LogP contribution in [0.5, 0.6) is 0 Å². The minimum absolute atomic E-state index is 0.177. The van der Waals surface area contributed by atoms with Gasteiger partial charge in [-0.2, -0.15) is 13.2 Å². The van der Waals surface area contributed by atoms with Gasteiger partial charge in [0.1, 0.15) is 0 Å². The highest BCUT2D eigenvalue weighted by Crippen LogP contribution is 2.33. The number of hydrogen-bond acceptors (Lipinski definition) is 2. The summed E-state index contributed by atoms with van der Waals surface area (Å²) in [4.78, 5) is 17.1. The molecule has 22 heavy (non-hydrogen) atoms. The second-order valence-electron chi connectivity index (χ2n) is 5.63. The SMILES string of the molecule is CCN1CCCCC1n1c(=O)[nH]c2ccc(C(F)(F)F)cc21. The Kier molecular flexibility index (Phi) is 3.76. The predicted molar refractivity (Wildman–Crippen MR) is 77.7 cm³/mol. The molecule has 1 saturated heterocycles. The van der Waals surface area contributed by atoms with Crippen molar-refractivity contribution in [3.63, 3.8) is 0 Å². The van der Waals surface area contributed by atoms with Crippen molar-refractivity contribution in [3.8, 4) is 0 Å². The van der Waals surface area contributed by atoms with E-state index in [1.165, 1.54) is 10.6 Å². The van der Waals surface area contributed by atoms with Gasteiger partial charge >= 0.3 is 11.9 Å². The average Bonchev–Trinajstić information content (AvgIpc) is 2.81. The van der Waals surface area contributed by atoms with E-state index in [4.69, 9.17) is 0 Å². The van der Waals surface area contributed by atoms with E-state index >= 15 is 0 Å². The van der Waals surface area contributed by atoms with Crippen LogP contribution >= 0.6 is 0 Å². The third-order valence-corrected chi connectivity index (χ3v) is 4.33. The van der Waals surface area contributed by atoms with E-state index in [1.807, 2.05) is 6.92 Å². The summed E-state index contributed by atoms with van der Waals surface area (Å²) in [5.74, 6) is 0. The van der Waals surface area contributed by atoms with Crippen LogP contribution in [0.4, 0.5) is 13.2 Å². The van der Waals surface area contributed by atoms with Crippen LogP contribution in [0.2, 0.25) is 0 Å². The molecule has 0 saturated carbocycles. The van der Waals surface area contributed by atoms with E-state index in [1.54, 1.807) is 0 Å². The zero-order valence-electron chi connectivity index (χ0n) is 12.3. The van der Waals surface area contributed by atoms with Crippen LogP contribution in [0.25, 0.3) is 11.0 Å². The van der Waals surface area contributed by atoms with Gasteiger partial charge in [-0.15, -0.1) is 0 Å². The molecule has 0 amide bonds.